The Bertz CT molecular complexity index is 599. The number of halogens is 1. The Morgan fingerprint density at radius 2 is 2.26 bits per heavy atom. The minimum absolute atomic E-state index is 0.127. The summed E-state index contributed by atoms with van der Waals surface area (Å²) < 4.78 is 17.9. The lowest BCUT2D eigenvalue weighted by atomic mass is 10.1. The second kappa shape index (κ2) is 5.53. The molecule has 0 radical (unpaired) electrons. The van der Waals surface area contributed by atoms with Crippen LogP contribution in [0.25, 0.3) is 0 Å². The monoisotopic (exact) mass is 266 g/mol. The molecule has 0 unspecified atom stereocenters. The molecule has 1 aromatic carbocycles. The molecule has 100 valence electrons. The van der Waals surface area contributed by atoms with Gasteiger partial charge in [0.25, 0.3) is 5.69 Å². The molecular formula is C11H11FN4O3. The third-order valence-corrected chi connectivity index (χ3v) is 2.41. The van der Waals surface area contributed by atoms with Gasteiger partial charge in [-0.05, 0) is 12.1 Å². The lowest BCUT2D eigenvalue weighted by molar-refractivity contribution is -0.385. The van der Waals surface area contributed by atoms with Crippen molar-refractivity contribution in [3.63, 3.8) is 0 Å². The van der Waals surface area contributed by atoms with Crippen LogP contribution >= 0.6 is 0 Å². The van der Waals surface area contributed by atoms with Crippen molar-refractivity contribution in [2.45, 2.75) is 20.0 Å². The zero-order valence-electron chi connectivity index (χ0n) is 10.1. The Kier molecular flexibility index (Phi) is 3.81. The van der Waals surface area contributed by atoms with Crippen molar-refractivity contribution in [2.24, 2.45) is 0 Å². The SMILES string of the molecule is Cc1nc(CNCc2cc(F)ccc2[N+](=O)[O-])no1. The molecule has 0 atom stereocenters. The molecule has 2 rings (SSSR count). The first-order valence-corrected chi connectivity index (χ1v) is 5.49. The van der Waals surface area contributed by atoms with E-state index < -0.39 is 10.7 Å². The number of aromatic nitrogens is 2. The first kappa shape index (κ1) is 13.1. The zero-order valence-corrected chi connectivity index (χ0v) is 10.1. The molecular weight excluding hydrogens is 255 g/mol. The Hall–Kier alpha value is -2.35. The third kappa shape index (κ3) is 3.32. The van der Waals surface area contributed by atoms with E-state index in [9.17, 15) is 14.5 Å². The quantitative estimate of drug-likeness (QED) is 0.654. The standard InChI is InChI=1S/C11H11FN4O3/c1-7-14-11(15-19-7)6-13-5-8-4-9(12)2-3-10(8)16(17)18/h2-4,13H,5-6H2,1H3. The van der Waals surface area contributed by atoms with Gasteiger partial charge in [-0.2, -0.15) is 4.98 Å². The van der Waals surface area contributed by atoms with Gasteiger partial charge in [-0.3, -0.25) is 10.1 Å². The first-order valence-electron chi connectivity index (χ1n) is 5.49. The number of nitrogens with zero attached hydrogens (tertiary/aromatic N) is 3. The summed E-state index contributed by atoms with van der Waals surface area (Å²) in [6.07, 6.45) is 0. The molecule has 7 nitrogen and oxygen atoms in total. The molecule has 0 aliphatic carbocycles. The van der Waals surface area contributed by atoms with E-state index in [4.69, 9.17) is 4.52 Å². The van der Waals surface area contributed by atoms with Gasteiger partial charge in [0.1, 0.15) is 5.82 Å². The van der Waals surface area contributed by atoms with Crippen LogP contribution in [0.2, 0.25) is 0 Å². The molecule has 2 aromatic rings. The largest absolute Gasteiger partial charge is 0.340 e. The van der Waals surface area contributed by atoms with Crippen LogP contribution in [0.3, 0.4) is 0 Å². The van der Waals surface area contributed by atoms with Crippen molar-refractivity contribution in [1.29, 1.82) is 0 Å². The predicted octanol–water partition coefficient (Wildman–Crippen LogP) is 1.72. The lowest BCUT2D eigenvalue weighted by Gasteiger charge is -2.03. The highest BCUT2D eigenvalue weighted by Crippen LogP contribution is 2.19. The number of nitro groups is 1. The number of benzene rings is 1. The Morgan fingerprint density at radius 3 is 2.89 bits per heavy atom. The molecule has 0 saturated carbocycles. The van der Waals surface area contributed by atoms with Crippen LogP contribution in [0.4, 0.5) is 10.1 Å². The smallest absolute Gasteiger partial charge is 0.274 e. The molecule has 0 bridgehead atoms. The van der Waals surface area contributed by atoms with Gasteiger partial charge in [0.05, 0.1) is 11.5 Å². The summed E-state index contributed by atoms with van der Waals surface area (Å²) in [6.45, 7) is 2.08. The van der Waals surface area contributed by atoms with Crippen LogP contribution in [-0.2, 0) is 13.1 Å². The van der Waals surface area contributed by atoms with Gasteiger partial charge in [-0.15, -0.1) is 0 Å². The number of nitro benzene ring substituents is 1. The van der Waals surface area contributed by atoms with E-state index in [1.54, 1.807) is 6.92 Å². The fourth-order valence-electron chi connectivity index (χ4n) is 1.60. The van der Waals surface area contributed by atoms with Gasteiger partial charge >= 0.3 is 0 Å². The molecule has 0 aliphatic rings. The lowest BCUT2D eigenvalue weighted by Crippen LogP contribution is -2.15. The van der Waals surface area contributed by atoms with Crippen molar-refractivity contribution in [3.05, 3.63) is 51.4 Å². The fraction of sp³-hybridized carbons (Fsp3) is 0.273. The summed E-state index contributed by atoms with van der Waals surface area (Å²) in [4.78, 5) is 14.2. The maximum atomic E-state index is 13.1. The summed E-state index contributed by atoms with van der Waals surface area (Å²) >= 11 is 0. The summed E-state index contributed by atoms with van der Waals surface area (Å²) in [5.41, 5.74) is 0.142. The highest BCUT2D eigenvalue weighted by molar-refractivity contribution is 5.40. The number of hydrogen-bond acceptors (Lipinski definition) is 6. The van der Waals surface area contributed by atoms with Crippen LogP contribution in [0.1, 0.15) is 17.3 Å². The predicted molar refractivity (Wildman–Crippen MR) is 62.6 cm³/mol. The minimum Gasteiger partial charge on any atom is -0.340 e. The molecule has 0 aliphatic heterocycles. The van der Waals surface area contributed by atoms with Gasteiger partial charge in [0.15, 0.2) is 5.82 Å². The molecule has 0 fully saturated rings. The van der Waals surface area contributed by atoms with E-state index in [1.807, 2.05) is 0 Å². The highest BCUT2D eigenvalue weighted by atomic mass is 19.1. The molecule has 19 heavy (non-hydrogen) atoms. The summed E-state index contributed by atoms with van der Waals surface area (Å²) in [6, 6.07) is 3.33. The molecule has 0 saturated heterocycles. The first-order chi connectivity index (χ1) is 9.06. The van der Waals surface area contributed by atoms with Crippen molar-refractivity contribution >= 4 is 5.69 Å². The Morgan fingerprint density at radius 1 is 1.47 bits per heavy atom. The topological polar surface area (TPSA) is 94.1 Å². The highest BCUT2D eigenvalue weighted by Gasteiger charge is 2.14. The van der Waals surface area contributed by atoms with Gasteiger partial charge in [0, 0.05) is 25.1 Å². The maximum Gasteiger partial charge on any atom is 0.274 e. The minimum atomic E-state index is -0.547. The van der Waals surface area contributed by atoms with Crippen molar-refractivity contribution in [3.8, 4) is 0 Å². The normalized spacial score (nSPS) is 10.6. The van der Waals surface area contributed by atoms with Crippen LogP contribution in [0.15, 0.2) is 22.7 Å². The van der Waals surface area contributed by atoms with E-state index in [0.29, 0.717) is 11.7 Å². The molecule has 0 spiro atoms. The molecule has 8 heteroatoms. The van der Waals surface area contributed by atoms with E-state index in [2.05, 4.69) is 15.5 Å². The van der Waals surface area contributed by atoms with Crippen molar-refractivity contribution in [2.75, 3.05) is 0 Å². The second-order valence-electron chi connectivity index (χ2n) is 3.86. The Balaban J connectivity index is 2.02. The van der Waals surface area contributed by atoms with E-state index in [0.717, 1.165) is 18.2 Å². The van der Waals surface area contributed by atoms with Gasteiger partial charge in [-0.1, -0.05) is 5.16 Å². The van der Waals surface area contributed by atoms with Crippen LogP contribution in [0.5, 0.6) is 0 Å². The average molecular weight is 266 g/mol. The Labute approximate surface area is 107 Å². The summed E-state index contributed by atoms with van der Waals surface area (Å²) in [7, 11) is 0. The number of aryl methyl sites for hydroxylation is 1. The second-order valence-corrected chi connectivity index (χ2v) is 3.86. The zero-order chi connectivity index (χ0) is 13.8. The summed E-state index contributed by atoms with van der Waals surface area (Å²) in [5, 5.41) is 17.3. The van der Waals surface area contributed by atoms with Crippen LogP contribution in [0, 0.1) is 22.9 Å². The van der Waals surface area contributed by atoms with Gasteiger partial charge in [-0.25, -0.2) is 4.39 Å². The van der Waals surface area contributed by atoms with Gasteiger partial charge in [0.2, 0.25) is 5.89 Å². The third-order valence-electron chi connectivity index (χ3n) is 2.41. The van der Waals surface area contributed by atoms with E-state index in [-0.39, 0.29) is 24.3 Å². The number of hydrogen-bond donors (Lipinski definition) is 1. The molecule has 0 amide bonds. The summed E-state index contributed by atoms with van der Waals surface area (Å²) in [5.74, 6) is 0.364. The molecule has 1 N–H and O–H groups in total. The van der Waals surface area contributed by atoms with Crippen molar-refractivity contribution in [1.82, 2.24) is 15.5 Å². The van der Waals surface area contributed by atoms with E-state index >= 15 is 0 Å². The maximum absolute atomic E-state index is 13.1. The van der Waals surface area contributed by atoms with Gasteiger partial charge < -0.3 is 9.84 Å². The van der Waals surface area contributed by atoms with Crippen molar-refractivity contribution < 1.29 is 13.8 Å². The number of rotatable bonds is 5. The molecule has 1 heterocycles. The fourth-order valence-corrected chi connectivity index (χ4v) is 1.60. The van der Waals surface area contributed by atoms with E-state index in [1.165, 1.54) is 0 Å². The van der Waals surface area contributed by atoms with Crippen LogP contribution in [-0.4, -0.2) is 15.1 Å². The van der Waals surface area contributed by atoms with Crippen LogP contribution < -0.4 is 5.32 Å². The average Bonchev–Trinajstić information content (AvgIpc) is 2.75. The number of nitrogens with one attached hydrogen (secondary N) is 1. The molecule has 1 aromatic heterocycles.